The molecule has 0 spiro atoms. The molecule has 5 heteroatoms. The van der Waals surface area contributed by atoms with Crippen molar-refractivity contribution in [2.24, 2.45) is 5.73 Å². The van der Waals surface area contributed by atoms with Gasteiger partial charge in [0.05, 0.1) is 0 Å². The molecular weight excluding hydrogens is 456 g/mol. The monoisotopic (exact) mass is 486 g/mol. The van der Waals surface area contributed by atoms with Gasteiger partial charge in [-0.3, -0.25) is 4.79 Å². The molecule has 0 aromatic heterocycles. The van der Waals surface area contributed by atoms with Crippen LogP contribution in [0.25, 0.3) is 0 Å². The Morgan fingerprint density at radius 3 is 1.54 bits per heavy atom. The fourth-order valence-electron chi connectivity index (χ4n) is 3.02. The lowest BCUT2D eigenvalue weighted by Crippen LogP contribution is -2.18. The van der Waals surface area contributed by atoms with Crippen LogP contribution >= 0.6 is 11.6 Å². The molecule has 0 atom stereocenters. The lowest BCUT2D eigenvalue weighted by Gasteiger charge is -2.02. The molecule has 4 aromatic carbocycles. The minimum absolute atomic E-state index is 0.264. The number of amides is 2. The number of urea groups is 1. The molecule has 0 bridgehead atoms. The van der Waals surface area contributed by atoms with Gasteiger partial charge in [-0.1, -0.05) is 108 Å². The van der Waals surface area contributed by atoms with Crippen LogP contribution in [0.5, 0.6) is 0 Å². The van der Waals surface area contributed by atoms with Crippen LogP contribution in [0.1, 0.15) is 22.3 Å². The number of benzene rings is 4. The van der Waals surface area contributed by atoms with Crippen molar-refractivity contribution in [3.63, 3.8) is 0 Å². The summed E-state index contributed by atoms with van der Waals surface area (Å²) in [4.78, 5) is 22.1. The largest absolute Gasteiger partial charge is 0.351 e. The molecule has 0 heterocycles. The van der Waals surface area contributed by atoms with E-state index >= 15 is 0 Å². The van der Waals surface area contributed by atoms with Gasteiger partial charge >= 0.3 is 6.03 Å². The molecule has 0 radical (unpaired) electrons. The summed E-state index contributed by atoms with van der Waals surface area (Å²) < 4.78 is 0. The molecule has 4 rings (SSSR count). The van der Waals surface area contributed by atoms with Crippen LogP contribution in [-0.2, 0) is 17.6 Å². The predicted molar refractivity (Wildman–Crippen MR) is 146 cm³/mol. The van der Waals surface area contributed by atoms with E-state index in [1.165, 1.54) is 11.1 Å². The number of halogens is 1. The van der Waals surface area contributed by atoms with Crippen molar-refractivity contribution in [1.29, 1.82) is 0 Å². The maximum Gasteiger partial charge on any atom is 0.316 e. The minimum Gasteiger partial charge on any atom is -0.351 e. The summed E-state index contributed by atoms with van der Waals surface area (Å²) in [7, 11) is 0. The Hall–Kier alpha value is -3.89. The zero-order valence-electron chi connectivity index (χ0n) is 20.1. The Kier molecular flexibility index (Phi) is 11.8. The van der Waals surface area contributed by atoms with Gasteiger partial charge in [0.15, 0.2) is 0 Å². The lowest BCUT2D eigenvalue weighted by atomic mass is 10.0. The van der Waals surface area contributed by atoms with E-state index in [1.54, 1.807) is 12.1 Å². The van der Waals surface area contributed by atoms with E-state index in [9.17, 15) is 9.59 Å². The third-order valence-electron chi connectivity index (χ3n) is 4.82. The highest BCUT2D eigenvalue weighted by atomic mass is 35.5. The standard InChI is InChI=1S/C16H16O.C7H7Cl.C7H8N2O/c1-13-7-9-15(10-8-13)12-16(17)11-14-5-3-2-4-6-14;1-6-2-4-7(8)5-3-6;8-7(10)9-6-4-2-1-3-5-6/h2-10H,11-12H2,1H3;2-5H,1H3;1-5H,(H3,8,9,10). The number of carbonyl (C=O) groups excluding carboxylic acids is 2. The molecule has 180 valence electrons. The summed E-state index contributed by atoms with van der Waals surface area (Å²) in [5.41, 5.74) is 10.2. The van der Waals surface area contributed by atoms with Gasteiger partial charge in [-0.05, 0) is 49.2 Å². The number of nitrogens with one attached hydrogen (secondary N) is 1. The quantitative estimate of drug-likeness (QED) is 0.313. The fourth-order valence-corrected chi connectivity index (χ4v) is 3.14. The normalized spacial score (nSPS) is 9.57. The van der Waals surface area contributed by atoms with Crippen LogP contribution in [-0.4, -0.2) is 11.8 Å². The maximum atomic E-state index is 11.9. The molecule has 4 nitrogen and oxygen atoms in total. The summed E-state index contributed by atoms with van der Waals surface area (Å²) in [6.07, 6.45) is 1.05. The second-order valence-electron chi connectivity index (χ2n) is 8.01. The van der Waals surface area contributed by atoms with E-state index < -0.39 is 6.03 Å². The van der Waals surface area contributed by atoms with Gasteiger partial charge < -0.3 is 11.1 Å². The van der Waals surface area contributed by atoms with Gasteiger partial charge in [0.2, 0.25) is 0 Å². The summed E-state index contributed by atoms with van der Waals surface area (Å²) in [6.45, 7) is 4.09. The molecule has 2 amide bonds. The number of ketones is 1. The molecule has 0 aliphatic heterocycles. The molecule has 4 aromatic rings. The highest BCUT2D eigenvalue weighted by molar-refractivity contribution is 6.30. The van der Waals surface area contributed by atoms with Crippen molar-refractivity contribution in [2.45, 2.75) is 26.7 Å². The Balaban J connectivity index is 0.000000204. The van der Waals surface area contributed by atoms with Gasteiger partial charge in [0, 0.05) is 23.6 Å². The number of nitrogens with two attached hydrogens (primary N) is 1. The first-order chi connectivity index (χ1) is 16.8. The van der Waals surface area contributed by atoms with Gasteiger partial charge in [0.1, 0.15) is 5.78 Å². The highest BCUT2D eigenvalue weighted by Gasteiger charge is 2.04. The van der Waals surface area contributed by atoms with Crippen LogP contribution in [0.2, 0.25) is 5.02 Å². The predicted octanol–water partition coefficient (Wildman–Crippen LogP) is 7.17. The van der Waals surface area contributed by atoms with Gasteiger partial charge in [-0.15, -0.1) is 0 Å². The van der Waals surface area contributed by atoms with Crippen molar-refractivity contribution in [1.82, 2.24) is 0 Å². The molecule has 0 fully saturated rings. The van der Waals surface area contributed by atoms with Crippen LogP contribution < -0.4 is 11.1 Å². The van der Waals surface area contributed by atoms with Crippen LogP contribution in [0.3, 0.4) is 0 Å². The van der Waals surface area contributed by atoms with Crippen molar-refractivity contribution < 1.29 is 9.59 Å². The third kappa shape index (κ3) is 12.2. The zero-order valence-corrected chi connectivity index (χ0v) is 20.8. The minimum atomic E-state index is -0.536. The molecule has 3 N–H and O–H groups in total. The Morgan fingerprint density at radius 1 is 0.657 bits per heavy atom. The first kappa shape index (κ1) is 27.4. The lowest BCUT2D eigenvalue weighted by molar-refractivity contribution is -0.117. The van der Waals surface area contributed by atoms with E-state index in [4.69, 9.17) is 17.3 Å². The molecule has 0 aliphatic rings. The number of para-hydroxylation sites is 1. The van der Waals surface area contributed by atoms with Gasteiger partial charge in [-0.25, -0.2) is 4.79 Å². The van der Waals surface area contributed by atoms with Crippen LogP contribution in [0.15, 0.2) is 109 Å². The second kappa shape index (κ2) is 15.1. The summed E-state index contributed by atoms with van der Waals surface area (Å²) in [5, 5.41) is 3.25. The zero-order chi connectivity index (χ0) is 25.5. The third-order valence-corrected chi connectivity index (χ3v) is 5.07. The Morgan fingerprint density at radius 2 is 1.09 bits per heavy atom. The summed E-state index contributed by atoms with van der Waals surface area (Å²) in [5.74, 6) is 0.264. The van der Waals surface area contributed by atoms with E-state index in [0.717, 1.165) is 21.8 Å². The molecule has 0 saturated carbocycles. The maximum absolute atomic E-state index is 11.9. The first-order valence-electron chi connectivity index (χ1n) is 11.3. The SMILES string of the molecule is Cc1ccc(CC(=O)Cc2ccccc2)cc1.Cc1ccc(Cl)cc1.NC(=O)Nc1ccccc1. The number of carbonyl (C=O) groups is 2. The number of aryl methyl sites for hydroxylation is 2. The summed E-state index contributed by atoms with van der Waals surface area (Å²) >= 11 is 5.61. The number of Topliss-reactive ketones (excluding diaryl/α,β-unsaturated/α-hetero) is 1. The van der Waals surface area contributed by atoms with E-state index in [0.29, 0.717) is 12.8 Å². The molecule has 0 aliphatic carbocycles. The van der Waals surface area contributed by atoms with Crippen LogP contribution in [0.4, 0.5) is 10.5 Å². The van der Waals surface area contributed by atoms with E-state index in [-0.39, 0.29) is 5.78 Å². The topological polar surface area (TPSA) is 72.2 Å². The number of anilines is 1. The average molecular weight is 487 g/mol. The summed E-state index contributed by atoms with van der Waals surface area (Å²) in [6, 6.07) is 34.3. The molecule has 0 saturated heterocycles. The van der Waals surface area contributed by atoms with Crippen molar-refractivity contribution in [3.8, 4) is 0 Å². The Bertz CT molecular complexity index is 1140. The number of rotatable bonds is 5. The fraction of sp³-hybridized carbons (Fsp3) is 0.133. The van der Waals surface area contributed by atoms with Gasteiger partial charge in [-0.2, -0.15) is 0 Å². The molecule has 35 heavy (non-hydrogen) atoms. The van der Waals surface area contributed by atoms with Crippen LogP contribution in [0, 0.1) is 13.8 Å². The van der Waals surface area contributed by atoms with Crippen molar-refractivity contribution >= 4 is 29.1 Å². The Labute approximate surface area is 212 Å². The van der Waals surface area contributed by atoms with Crippen molar-refractivity contribution in [2.75, 3.05) is 5.32 Å². The smallest absolute Gasteiger partial charge is 0.316 e. The number of hydrogen-bond donors (Lipinski definition) is 2. The van der Waals surface area contributed by atoms with E-state index in [2.05, 4.69) is 12.2 Å². The first-order valence-corrected chi connectivity index (χ1v) is 11.6. The van der Waals surface area contributed by atoms with E-state index in [1.807, 2.05) is 104 Å². The number of primary amides is 1. The average Bonchev–Trinajstić information content (AvgIpc) is 2.84. The highest BCUT2D eigenvalue weighted by Crippen LogP contribution is 2.08. The number of hydrogen-bond acceptors (Lipinski definition) is 2. The molecular formula is C30H31ClN2O2. The van der Waals surface area contributed by atoms with Gasteiger partial charge in [0.25, 0.3) is 0 Å². The van der Waals surface area contributed by atoms with Crippen molar-refractivity contribution in [3.05, 3.63) is 136 Å². The second-order valence-corrected chi connectivity index (χ2v) is 8.45. The molecule has 0 unspecified atom stereocenters.